The summed E-state index contributed by atoms with van der Waals surface area (Å²) in [5.74, 6) is 0. The molecule has 0 N–H and O–H groups in total. The smallest absolute Gasteiger partial charge is 0.00204 e. The molecule has 0 fully saturated rings. The maximum atomic E-state index is 2.39. The molecule has 0 aliphatic carbocycles. The second-order valence-corrected chi connectivity index (χ2v) is 11.7. The summed E-state index contributed by atoms with van der Waals surface area (Å²) in [7, 11) is 0. The van der Waals surface area contributed by atoms with Crippen LogP contribution in [0.25, 0.3) is 87.2 Å². The molecule has 0 saturated carbocycles. The van der Waals surface area contributed by atoms with Crippen LogP contribution >= 0.6 is 0 Å². The van der Waals surface area contributed by atoms with Gasteiger partial charge in [0.25, 0.3) is 0 Å². The van der Waals surface area contributed by atoms with Crippen LogP contribution in [0.2, 0.25) is 0 Å². The van der Waals surface area contributed by atoms with Gasteiger partial charge in [-0.1, -0.05) is 152 Å². The van der Waals surface area contributed by atoms with Crippen molar-refractivity contribution in [3.05, 3.63) is 170 Å². The van der Waals surface area contributed by atoms with E-state index in [0.717, 1.165) is 0 Å². The first kappa shape index (κ1) is 24.8. The fourth-order valence-electron chi connectivity index (χ4n) is 7.13. The molecule has 0 aliphatic heterocycles. The zero-order chi connectivity index (χ0) is 29.0. The SMILES string of the molecule is c1cc(-c2cccc(-c3cccc4ccccc34)c2)cc(-c2ccc3c(c2)c2ccccc2c2c4ccccc4ccc32)c1. The van der Waals surface area contributed by atoms with Crippen LogP contribution in [0.5, 0.6) is 0 Å². The largest absolute Gasteiger partial charge is 0.0616 e. The van der Waals surface area contributed by atoms with Crippen LogP contribution < -0.4 is 0 Å². The molecule has 0 atom stereocenters. The highest BCUT2D eigenvalue weighted by Gasteiger charge is 2.13. The predicted molar refractivity (Wildman–Crippen MR) is 190 cm³/mol. The molecule has 0 saturated heterocycles. The van der Waals surface area contributed by atoms with Gasteiger partial charge < -0.3 is 0 Å². The molecule has 0 radical (unpaired) electrons. The van der Waals surface area contributed by atoms with Crippen molar-refractivity contribution >= 4 is 53.9 Å². The molecule has 0 heterocycles. The van der Waals surface area contributed by atoms with Gasteiger partial charge in [-0.05, 0) is 105 Å². The lowest BCUT2D eigenvalue weighted by Crippen LogP contribution is -1.87. The topological polar surface area (TPSA) is 0 Å². The highest BCUT2D eigenvalue weighted by Crippen LogP contribution is 2.41. The first-order valence-corrected chi connectivity index (χ1v) is 15.3. The van der Waals surface area contributed by atoms with E-state index in [2.05, 4.69) is 170 Å². The van der Waals surface area contributed by atoms with E-state index < -0.39 is 0 Å². The second kappa shape index (κ2) is 9.93. The van der Waals surface area contributed by atoms with E-state index in [-0.39, 0.29) is 0 Å². The monoisotopic (exact) mass is 556 g/mol. The minimum Gasteiger partial charge on any atom is -0.0616 e. The van der Waals surface area contributed by atoms with Gasteiger partial charge in [-0.3, -0.25) is 0 Å². The van der Waals surface area contributed by atoms with Crippen LogP contribution in [-0.4, -0.2) is 0 Å². The molecular weight excluding hydrogens is 528 g/mol. The Balaban J connectivity index is 1.19. The minimum absolute atomic E-state index is 1.22. The van der Waals surface area contributed by atoms with Gasteiger partial charge in [-0.15, -0.1) is 0 Å². The van der Waals surface area contributed by atoms with Gasteiger partial charge in [0.2, 0.25) is 0 Å². The lowest BCUT2D eigenvalue weighted by molar-refractivity contribution is 1.59. The van der Waals surface area contributed by atoms with Gasteiger partial charge in [-0.25, -0.2) is 0 Å². The average molecular weight is 557 g/mol. The van der Waals surface area contributed by atoms with Gasteiger partial charge in [0.15, 0.2) is 0 Å². The van der Waals surface area contributed by atoms with Gasteiger partial charge in [0, 0.05) is 0 Å². The summed E-state index contributed by atoms with van der Waals surface area (Å²) >= 11 is 0. The highest BCUT2D eigenvalue weighted by atomic mass is 14.2. The van der Waals surface area contributed by atoms with Crippen molar-refractivity contribution in [1.82, 2.24) is 0 Å². The van der Waals surface area contributed by atoms with E-state index in [1.165, 1.54) is 87.2 Å². The standard InChI is InChI=1S/C44H28/c1-3-17-36-29(10-1)12-9-21-37(36)35-16-8-15-33(27-35)31-13-7-14-32(26-31)34-23-24-40-42-25-22-30-11-2-4-18-38(30)44(42)41-20-6-5-19-39(41)43(40)28-34/h1-28H. The number of fused-ring (bicyclic) bond motifs is 9. The van der Waals surface area contributed by atoms with E-state index in [1.807, 2.05) is 0 Å². The van der Waals surface area contributed by atoms with Gasteiger partial charge in [0.05, 0.1) is 0 Å². The van der Waals surface area contributed by atoms with Crippen molar-refractivity contribution in [2.75, 3.05) is 0 Å². The van der Waals surface area contributed by atoms with E-state index in [0.29, 0.717) is 0 Å². The second-order valence-electron chi connectivity index (χ2n) is 11.7. The van der Waals surface area contributed by atoms with Crippen LogP contribution in [0.4, 0.5) is 0 Å². The van der Waals surface area contributed by atoms with E-state index >= 15 is 0 Å². The van der Waals surface area contributed by atoms with Gasteiger partial charge in [0.1, 0.15) is 0 Å². The molecule has 0 bridgehead atoms. The Hall–Kier alpha value is -5.72. The van der Waals surface area contributed by atoms with Crippen molar-refractivity contribution < 1.29 is 0 Å². The van der Waals surface area contributed by atoms with Crippen molar-refractivity contribution in [3.63, 3.8) is 0 Å². The normalized spacial score (nSPS) is 11.6. The third kappa shape index (κ3) is 3.92. The van der Waals surface area contributed by atoms with Crippen LogP contribution in [0, 0.1) is 0 Å². The molecule has 0 aliphatic rings. The maximum Gasteiger partial charge on any atom is -0.00204 e. The van der Waals surface area contributed by atoms with Crippen molar-refractivity contribution in [2.24, 2.45) is 0 Å². The molecule has 44 heavy (non-hydrogen) atoms. The number of rotatable bonds is 3. The fourth-order valence-corrected chi connectivity index (χ4v) is 7.13. The average Bonchev–Trinajstić information content (AvgIpc) is 3.11. The lowest BCUT2D eigenvalue weighted by Gasteiger charge is -2.14. The van der Waals surface area contributed by atoms with Crippen molar-refractivity contribution in [1.29, 1.82) is 0 Å². The van der Waals surface area contributed by atoms with Crippen molar-refractivity contribution in [2.45, 2.75) is 0 Å². The summed E-state index contributed by atoms with van der Waals surface area (Å²) in [5, 5.41) is 13.0. The molecule has 9 rings (SSSR count). The molecule has 0 amide bonds. The van der Waals surface area contributed by atoms with Crippen LogP contribution in [0.1, 0.15) is 0 Å². The van der Waals surface area contributed by atoms with E-state index in [4.69, 9.17) is 0 Å². The third-order valence-electron chi connectivity index (χ3n) is 9.22. The first-order valence-electron chi connectivity index (χ1n) is 15.3. The molecule has 0 spiro atoms. The Kier molecular flexibility index (Phi) is 5.61. The lowest BCUT2D eigenvalue weighted by atomic mass is 9.89. The van der Waals surface area contributed by atoms with Crippen LogP contribution in [0.3, 0.4) is 0 Å². The Morgan fingerprint density at radius 2 is 0.705 bits per heavy atom. The van der Waals surface area contributed by atoms with Crippen LogP contribution in [-0.2, 0) is 0 Å². The van der Waals surface area contributed by atoms with Gasteiger partial charge in [-0.2, -0.15) is 0 Å². The number of hydrogen-bond donors (Lipinski definition) is 0. The Bertz CT molecular complexity index is 2530. The van der Waals surface area contributed by atoms with Crippen LogP contribution in [0.15, 0.2) is 170 Å². The summed E-state index contributed by atoms with van der Waals surface area (Å²) in [4.78, 5) is 0. The zero-order valence-electron chi connectivity index (χ0n) is 24.2. The van der Waals surface area contributed by atoms with Gasteiger partial charge >= 0.3 is 0 Å². The Morgan fingerprint density at radius 3 is 1.48 bits per heavy atom. The number of hydrogen-bond acceptors (Lipinski definition) is 0. The summed E-state index contributed by atoms with van der Waals surface area (Å²) in [6.45, 7) is 0. The molecule has 9 aromatic carbocycles. The summed E-state index contributed by atoms with van der Waals surface area (Å²) in [5.41, 5.74) is 7.40. The molecule has 0 aromatic heterocycles. The molecule has 0 nitrogen and oxygen atoms in total. The fraction of sp³-hybridized carbons (Fsp3) is 0. The minimum atomic E-state index is 1.22. The molecule has 0 heteroatoms. The first-order chi connectivity index (χ1) is 21.8. The predicted octanol–water partition coefficient (Wildman–Crippen LogP) is 12.5. The highest BCUT2D eigenvalue weighted by molar-refractivity contribution is 6.31. The summed E-state index contributed by atoms with van der Waals surface area (Å²) < 4.78 is 0. The molecule has 204 valence electrons. The summed E-state index contributed by atoms with van der Waals surface area (Å²) in [6.07, 6.45) is 0. The Labute approximate surface area is 256 Å². The Morgan fingerprint density at radius 1 is 0.227 bits per heavy atom. The zero-order valence-corrected chi connectivity index (χ0v) is 24.2. The number of benzene rings is 9. The molecule has 9 aromatic rings. The summed E-state index contributed by atoms with van der Waals surface area (Å²) in [6, 6.07) is 62.3. The maximum absolute atomic E-state index is 2.39. The third-order valence-corrected chi connectivity index (χ3v) is 9.22. The van der Waals surface area contributed by atoms with E-state index in [1.54, 1.807) is 0 Å². The quantitative estimate of drug-likeness (QED) is 0.190. The van der Waals surface area contributed by atoms with E-state index in [9.17, 15) is 0 Å². The van der Waals surface area contributed by atoms with Crippen molar-refractivity contribution in [3.8, 4) is 33.4 Å². The molecular formula is C44H28. The molecule has 0 unspecified atom stereocenters.